The van der Waals surface area contributed by atoms with E-state index in [-0.39, 0.29) is 24.5 Å². The third-order valence-electron chi connectivity index (χ3n) is 6.25. The first-order valence-corrected chi connectivity index (χ1v) is 11.9. The van der Waals surface area contributed by atoms with E-state index in [1.807, 2.05) is 38.1 Å². The van der Waals surface area contributed by atoms with Crippen molar-refractivity contribution in [1.29, 1.82) is 0 Å². The van der Waals surface area contributed by atoms with E-state index in [0.717, 1.165) is 36.8 Å². The summed E-state index contributed by atoms with van der Waals surface area (Å²) in [7, 11) is 3.11. The van der Waals surface area contributed by atoms with Crippen molar-refractivity contribution in [1.82, 2.24) is 10.2 Å². The maximum Gasteiger partial charge on any atom is 0.261 e. The van der Waals surface area contributed by atoms with Gasteiger partial charge in [-0.15, -0.1) is 0 Å². The van der Waals surface area contributed by atoms with Gasteiger partial charge in [0.25, 0.3) is 5.91 Å². The number of carbonyl (C=O) groups is 2. The summed E-state index contributed by atoms with van der Waals surface area (Å²) in [6, 6.07) is 12.8. The van der Waals surface area contributed by atoms with Crippen LogP contribution in [0.5, 0.6) is 17.2 Å². The standard InChI is InChI=1S/C27H36N2O5/c1-5-25(27(31)28-21-8-6-7-9-21)29(17-20-12-10-19(2)11-13-20)26(30)18-34-24-15-22(32-3)14-23(16-24)33-4/h10-16,21,25H,5-9,17-18H2,1-4H3,(H,28,31)/t25-/m0/s1. The fourth-order valence-electron chi connectivity index (χ4n) is 4.27. The second-order valence-electron chi connectivity index (χ2n) is 8.76. The Balaban J connectivity index is 1.77. The molecule has 2 aromatic rings. The molecule has 1 aliphatic rings. The van der Waals surface area contributed by atoms with Gasteiger partial charge in [-0.05, 0) is 31.7 Å². The van der Waals surface area contributed by atoms with E-state index in [1.165, 1.54) is 0 Å². The lowest BCUT2D eigenvalue weighted by Crippen LogP contribution is -2.52. The number of methoxy groups -OCH3 is 2. The fourth-order valence-corrected chi connectivity index (χ4v) is 4.27. The first kappa shape index (κ1) is 25.4. The molecule has 1 fully saturated rings. The Hall–Kier alpha value is -3.22. The minimum atomic E-state index is -0.571. The molecule has 2 amide bonds. The van der Waals surface area contributed by atoms with Crippen molar-refractivity contribution in [3.05, 3.63) is 53.6 Å². The highest BCUT2D eigenvalue weighted by molar-refractivity contribution is 5.88. The van der Waals surface area contributed by atoms with Gasteiger partial charge in [-0.2, -0.15) is 0 Å². The number of ether oxygens (including phenoxy) is 3. The van der Waals surface area contributed by atoms with Gasteiger partial charge in [-0.25, -0.2) is 0 Å². The molecule has 1 saturated carbocycles. The maximum atomic E-state index is 13.4. The first-order valence-electron chi connectivity index (χ1n) is 11.9. The van der Waals surface area contributed by atoms with Crippen LogP contribution >= 0.6 is 0 Å². The molecule has 7 nitrogen and oxygen atoms in total. The van der Waals surface area contributed by atoms with Crippen LogP contribution in [0.4, 0.5) is 0 Å². The zero-order chi connectivity index (χ0) is 24.5. The predicted molar refractivity (Wildman–Crippen MR) is 131 cm³/mol. The van der Waals surface area contributed by atoms with E-state index in [2.05, 4.69) is 5.32 Å². The Morgan fingerprint density at radius 1 is 1.00 bits per heavy atom. The van der Waals surface area contributed by atoms with Crippen LogP contribution in [0.2, 0.25) is 0 Å². The van der Waals surface area contributed by atoms with Gasteiger partial charge in [0.05, 0.1) is 14.2 Å². The predicted octanol–water partition coefficient (Wildman–Crippen LogP) is 4.26. The number of amides is 2. The summed E-state index contributed by atoms with van der Waals surface area (Å²) in [4.78, 5) is 28.2. The number of nitrogens with one attached hydrogen (secondary N) is 1. The molecule has 1 aliphatic carbocycles. The van der Waals surface area contributed by atoms with Gasteiger partial charge in [0.2, 0.25) is 5.91 Å². The second kappa shape index (κ2) is 12.3. The molecule has 0 saturated heterocycles. The van der Waals surface area contributed by atoms with Gasteiger partial charge >= 0.3 is 0 Å². The van der Waals surface area contributed by atoms with Crippen molar-refractivity contribution in [2.75, 3.05) is 20.8 Å². The largest absolute Gasteiger partial charge is 0.496 e. The molecule has 7 heteroatoms. The van der Waals surface area contributed by atoms with Gasteiger partial charge in [-0.1, -0.05) is 49.6 Å². The van der Waals surface area contributed by atoms with E-state index >= 15 is 0 Å². The highest BCUT2D eigenvalue weighted by atomic mass is 16.5. The number of hydrogen-bond acceptors (Lipinski definition) is 5. The normalized spacial score (nSPS) is 14.4. The highest BCUT2D eigenvalue weighted by Gasteiger charge is 2.30. The zero-order valence-corrected chi connectivity index (χ0v) is 20.6. The zero-order valence-electron chi connectivity index (χ0n) is 20.6. The summed E-state index contributed by atoms with van der Waals surface area (Å²) in [5.74, 6) is 1.25. The number of rotatable bonds is 11. The van der Waals surface area contributed by atoms with Gasteiger partial charge in [0.15, 0.2) is 6.61 Å². The molecule has 0 unspecified atom stereocenters. The Morgan fingerprint density at radius 2 is 1.59 bits per heavy atom. The molecule has 0 aliphatic heterocycles. The Bertz CT molecular complexity index is 932. The van der Waals surface area contributed by atoms with Gasteiger partial charge in [0, 0.05) is 30.8 Å². The van der Waals surface area contributed by atoms with Crippen molar-refractivity contribution >= 4 is 11.8 Å². The van der Waals surface area contributed by atoms with Crippen LogP contribution in [0.1, 0.15) is 50.2 Å². The summed E-state index contributed by atoms with van der Waals surface area (Å²) in [5, 5.41) is 3.16. The van der Waals surface area contributed by atoms with Crippen LogP contribution in [0.15, 0.2) is 42.5 Å². The Morgan fingerprint density at radius 3 is 2.15 bits per heavy atom. The summed E-state index contributed by atoms with van der Waals surface area (Å²) in [5.41, 5.74) is 2.11. The molecule has 0 bridgehead atoms. The molecular weight excluding hydrogens is 432 g/mol. The van der Waals surface area contributed by atoms with E-state index in [0.29, 0.717) is 30.2 Å². The Labute approximate surface area is 202 Å². The minimum absolute atomic E-state index is 0.0992. The van der Waals surface area contributed by atoms with Crippen LogP contribution in [0, 0.1) is 6.92 Å². The average Bonchev–Trinajstić information content (AvgIpc) is 3.36. The molecule has 1 N–H and O–H groups in total. The molecule has 2 aromatic carbocycles. The fraction of sp³-hybridized carbons (Fsp3) is 0.481. The monoisotopic (exact) mass is 468 g/mol. The third-order valence-corrected chi connectivity index (χ3v) is 6.25. The molecule has 0 spiro atoms. The van der Waals surface area contributed by atoms with Crippen LogP contribution in [-0.2, 0) is 16.1 Å². The van der Waals surface area contributed by atoms with Crippen LogP contribution in [0.3, 0.4) is 0 Å². The first-order chi connectivity index (χ1) is 16.4. The van der Waals surface area contributed by atoms with Crippen molar-refractivity contribution in [2.24, 2.45) is 0 Å². The van der Waals surface area contributed by atoms with Gasteiger partial charge in [-0.3, -0.25) is 9.59 Å². The van der Waals surface area contributed by atoms with E-state index in [9.17, 15) is 9.59 Å². The lowest BCUT2D eigenvalue weighted by Gasteiger charge is -2.31. The lowest BCUT2D eigenvalue weighted by molar-refractivity contribution is -0.143. The summed E-state index contributed by atoms with van der Waals surface area (Å²) in [6.45, 7) is 4.09. The summed E-state index contributed by atoms with van der Waals surface area (Å²) < 4.78 is 16.4. The second-order valence-corrected chi connectivity index (χ2v) is 8.76. The van der Waals surface area contributed by atoms with E-state index in [1.54, 1.807) is 37.3 Å². The average molecular weight is 469 g/mol. The SMILES string of the molecule is CC[C@@H](C(=O)NC1CCCC1)N(Cc1ccc(C)cc1)C(=O)COc1cc(OC)cc(OC)c1. The van der Waals surface area contributed by atoms with Gasteiger partial charge in [0.1, 0.15) is 23.3 Å². The Kier molecular flexibility index (Phi) is 9.19. The lowest BCUT2D eigenvalue weighted by atomic mass is 10.1. The number of carbonyl (C=O) groups excluding carboxylic acids is 2. The molecular formula is C27H36N2O5. The quantitative estimate of drug-likeness (QED) is 0.533. The van der Waals surface area contributed by atoms with Crippen LogP contribution in [0.25, 0.3) is 0 Å². The van der Waals surface area contributed by atoms with Crippen molar-refractivity contribution in [2.45, 2.75) is 64.6 Å². The van der Waals surface area contributed by atoms with E-state index in [4.69, 9.17) is 14.2 Å². The summed E-state index contributed by atoms with van der Waals surface area (Å²) in [6.07, 6.45) is 4.77. The van der Waals surface area contributed by atoms with Crippen molar-refractivity contribution in [3.63, 3.8) is 0 Å². The molecule has 0 radical (unpaired) electrons. The molecule has 34 heavy (non-hydrogen) atoms. The topological polar surface area (TPSA) is 77.1 Å². The van der Waals surface area contributed by atoms with Crippen LogP contribution in [-0.4, -0.2) is 49.6 Å². The van der Waals surface area contributed by atoms with Gasteiger partial charge < -0.3 is 24.4 Å². The molecule has 0 heterocycles. The maximum absolute atomic E-state index is 13.4. The number of benzene rings is 2. The molecule has 0 aromatic heterocycles. The number of aryl methyl sites for hydroxylation is 1. The third kappa shape index (κ3) is 6.89. The number of hydrogen-bond donors (Lipinski definition) is 1. The molecule has 1 atom stereocenters. The summed E-state index contributed by atoms with van der Waals surface area (Å²) >= 11 is 0. The minimum Gasteiger partial charge on any atom is -0.496 e. The van der Waals surface area contributed by atoms with Crippen LogP contribution < -0.4 is 19.5 Å². The van der Waals surface area contributed by atoms with E-state index < -0.39 is 6.04 Å². The molecule has 3 rings (SSSR count). The van der Waals surface area contributed by atoms with Crippen molar-refractivity contribution < 1.29 is 23.8 Å². The number of nitrogens with zero attached hydrogens (tertiary/aromatic N) is 1. The smallest absolute Gasteiger partial charge is 0.261 e. The molecule has 184 valence electrons. The highest BCUT2D eigenvalue weighted by Crippen LogP contribution is 2.27. The van der Waals surface area contributed by atoms with Crippen molar-refractivity contribution in [3.8, 4) is 17.2 Å².